The third-order valence-corrected chi connectivity index (χ3v) is 10.0. The summed E-state index contributed by atoms with van der Waals surface area (Å²) in [5.74, 6) is 0.567. The Morgan fingerprint density at radius 2 is 1.88 bits per heavy atom. The molecule has 1 rings (SSSR count). The maximum Gasteiger partial charge on any atom is 0.413 e. The lowest BCUT2D eigenvalue weighted by Gasteiger charge is -2.35. The highest BCUT2D eigenvalue weighted by Crippen LogP contribution is 2.30. The van der Waals surface area contributed by atoms with Crippen LogP contribution in [-0.4, -0.2) is 38.6 Å². The third-order valence-electron chi connectivity index (χ3n) is 5.36. The SMILES string of the molecule is CCCC/C(=C\N1CCOC1=O)C(CC(C)C)O[Si](CC)(CC)CC. The summed E-state index contributed by atoms with van der Waals surface area (Å²) in [4.78, 5) is 13.6. The van der Waals surface area contributed by atoms with Crippen LogP contribution in [0.4, 0.5) is 4.79 Å². The fourth-order valence-corrected chi connectivity index (χ4v) is 6.27. The van der Waals surface area contributed by atoms with E-state index in [0.29, 0.717) is 19.1 Å². The highest BCUT2D eigenvalue weighted by molar-refractivity contribution is 6.73. The summed E-state index contributed by atoms with van der Waals surface area (Å²) in [7, 11) is -1.70. The molecule has 1 saturated heterocycles. The molecular weight excluding hydrogens is 330 g/mol. The molecule has 1 aliphatic rings. The number of carbonyl (C=O) groups excluding carboxylic acids is 1. The van der Waals surface area contributed by atoms with Crippen LogP contribution in [-0.2, 0) is 9.16 Å². The van der Waals surface area contributed by atoms with Gasteiger partial charge in [0.2, 0.25) is 0 Å². The quantitative estimate of drug-likeness (QED) is 0.399. The van der Waals surface area contributed by atoms with Crippen molar-refractivity contribution < 1.29 is 14.0 Å². The van der Waals surface area contributed by atoms with Crippen LogP contribution in [0.5, 0.6) is 0 Å². The molecule has 0 aromatic carbocycles. The zero-order chi connectivity index (χ0) is 18.9. The summed E-state index contributed by atoms with van der Waals surface area (Å²) in [5.41, 5.74) is 1.28. The highest BCUT2D eigenvalue weighted by Gasteiger charge is 2.34. The molecule has 0 aromatic heterocycles. The molecule has 5 heteroatoms. The molecule has 0 aliphatic carbocycles. The van der Waals surface area contributed by atoms with Crippen LogP contribution >= 0.6 is 0 Å². The Kier molecular flexibility index (Phi) is 9.80. The lowest BCUT2D eigenvalue weighted by molar-refractivity contribution is 0.164. The van der Waals surface area contributed by atoms with Gasteiger partial charge in [-0.2, -0.15) is 0 Å². The number of unbranched alkanes of at least 4 members (excludes halogenated alkanes) is 1. The normalized spacial score (nSPS) is 17.3. The van der Waals surface area contributed by atoms with Crippen LogP contribution in [0.1, 0.15) is 67.2 Å². The number of cyclic esters (lactones) is 1. The van der Waals surface area contributed by atoms with E-state index in [4.69, 9.17) is 9.16 Å². The zero-order valence-corrected chi connectivity index (χ0v) is 18.3. The van der Waals surface area contributed by atoms with Gasteiger partial charge in [-0.25, -0.2) is 4.79 Å². The van der Waals surface area contributed by atoms with Crippen molar-refractivity contribution >= 4 is 14.4 Å². The molecule has 0 spiro atoms. The first-order valence-corrected chi connectivity index (χ1v) is 12.8. The molecule has 25 heavy (non-hydrogen) atoms. The van der Waals surface area contributed by atoms with Gasteiger partial charge in [-0.15, -0.1) is 0 Å². The average molecular weight is 370 g/mol. The predicted molar refractivity (Wildman–Crippen MR) is 107 cm³/mol. The minimum Gasteiger partial charge on any atom is -0.447 e. The lowest BCUT2D eigenvalue weighted by atomic mass is 9.96. The molecule has 0 radical (unpaired) electrons. The van der Waals surface area contributed by atoms with Crippen LogP contribution in [0.2, 0.25) is 18.1 Å². The molecule has 1 atom stereocenters. The summed E-state index contributed by atoms with van der Waals surface area (Å²) in [6, 6.07) is 3.46. The second-order valence-corrected chi connectivity index (χ2v) is 12.3. The second kappa shape index (κ2) is 11.0. The van der Waals surface area contributed by atoms with Crippen molar-refractivity contribution in [2.45, 2.75) is 91.5 Å². The van der Waals surface area contributed by atoms with Crippen LogP contribution in [0.25, 0.3) is 0 Å². The summed E-state index contributed by atoms with van der Waals surface area (Å²) < 4.78 is 12.0. The highest BCUT2D eigenvalue weighted by atomic mass is 28.4. The second-order valence-electron chi connectivity index (χ2n) is 7.60. The Labute approximate surface area is 156 Å². The number of carbonyl (C=O) groups is 1. The van der Waals surface area contributed by atoms with Gasteiger partial charge in [0.15, 0.2) is 8.32 Å². The van der Waals surface area contributed by atoms with E-state index in [1.54, 1.807) is 4.90 Å². The Bertz CT molecular complexity index is 424. The maximum atomic E-state index is 11.9. The zero-order valence-electron chi connectivity index (χ0n) is 17.3. The van der Waals surface area contributed by atoms with Crippen molar-refractivity contribution in [3.05, 3.63) is 11.8 Å². The topological polar surface area (TPSA) is 38.8 Å². The van der Waals surface area contributed by atoms with Crippen molar-refractivity contribution in [3.63, 3.8) is 0 Å². The molecule has 0 N–H and O–H groups in total. The smallest absolute Gasteiger partial charge is 0.413 e. The van der Waals surface area contributed by atoms with Gasteiger partial charge in [0.05, 0.1) is 12.6 Å². The van der Waals surface area contributed by atoms with Crippen molar-refractivity contribution in [1.82, 2.24) is 4.90 Å². The summed E-state index contributed by atoms with van der Waals surface area (Å²) in [5, 5.41) is 0. The Balaban J connectivity index is 3.09. The minimum absolute atomic E-state index is 0.131. The van der Waals surface area contributed by atoms with Gasteiger partial charge in [-0.1, -0.05) is 48.0 Å². The first kappa shape index (κ1) is 22.2. The number of nitrogens with zero attached hydrogens (tertiary/aromatic N) is 1. The van der Waals surface area contributed by atoms with Gasteiger partial charge in [0, 0.05) is 6.20 Å². The summed E-state index contributed by atoms with van der Waals surface area (Å²) in [6.45, 7) is 14.7. The number of hydrogen-bond donors (Lipinski definition) is 0. The van der Waals surface area contributed by atoms with Gasteiger partial charge in [0.25, 0.3) is 0 Å². The van der Waals surface area contributed by atoms with E-state index in [1.165, 1.54) is 5.57 Å². The van der Waals surface area contributed by atoms with Gasteiger partial charge in [0.1, 0.15) is 6.61 Å². The van der Waals surface area contributed by atoms with E-state index in [0.717, 1.165) is 43.8 Å². The van der Waals surface area contributed by atoms with E-state index >= 15 is 0 Å². The molecule has 0 saturated carbocycles. The molecular formula is C20H39NO3Si. The largest absolute Gasteiger partial charge is 0.447 e. The first-order valence-electron chi connectivity index (χ1n) is 10.2. The van der Waals surface area contributed by atoms with E-state index in [1.807, 2.05) is 6.20 Å². The van der Waals surface area contributed by atoms with Crippen LogP contribution in [0.15, 0.2) is 11.8 Å². The van der Waals surface area contributed by atoms with Crippen molar-refractivity contribution in [2.75, 3.05) is 13.2 Å². The molecule has 1 aliphatic heterocycles. The van der Waals surface area contributed by atoms with E-state index in [2.05, 4.69) is 41.5 Å². The molecule has 0 aromatic rings. The fourth-order valence-electron chi connectivity index (χ4n) is 3.42. The van der Waals surface area contributed by atoms with Crippen LogP contribution in [0.3, 0.4) is 0 Å². The Morgan fingerprint density at radius 3 is 2.32 bits per heavy atom. The van der Waals surface area contributed by atoms with Gasteiger partial charge in [-0.3, -0.25) is 4.90 Å². The van der Waals surface area contributed by atoms with Crippen LogP contribution < -0.4 is 0 Å². The fraction of sp³-hybridized carbons (Fsp3) is 0.850. The predicted octanol–water partition coefficient (Wildman–Crippen LogP) is 5.95. The van der Waals surface area contributed by atoms with Gasteiger partial charge in [-0.05, 0) is 48.9 Å². The van der Waals surface area contributed by atoms with Gasteiger partial charge >= 0.3 is 6.09 Å². The molecule has 1 amide bonds. The number of ether oxygens (including phenoxy) is 1. The molecule has 146 valence electrons. The Morgan fingerprint density at radius 1 is 1.24 bits per heavy atom. The molecule has 1 fully saturated rings. The summed E-state index contributed by atoms with van der Waals surface area (Å²) >= 11 is 0. The van der Waals surface area contributed by atoms with Crippen molar-refractivity contribution in [1.29, 1.82) is 0 Å². The van der Waals surface area contributed by atoms with Crippen molar-refractivity contribution in [2.24, 2.45) is 5.92 Å². The van der Waals surface area contributed by atoms with E-state index < -0.39 is 8.32 Å². The first-order chi connectivity index (χ1) is 11.9. The number of rotatable bonds is 12. The monoisotopic (exact) mass is 369 g/mol. The molecule has 4 nitrogen and oxygen atoms in total. The number of hydrogen-bond acceptors (Lipinski definition) is 3. The minimum atomic E-state index is -1.70. The van der Waals surface area contributed by atoms with Crippen LogP contribution in [0, 0.1) is 5.92 Å². The standard InChI is InChI=1S/C20H39NO3Si/c1-7-11-12-18(16-21-13-14-23-20(21)22)19(15-17(5)6)24-25(8-2,9-3)10-4/h16-17,19H,7-15H2,1-6H3/b18-16+. The molecule has 1 heterocycles. The van der Waals surface area contributed by atoms with E-state index in [9.17, 15) is 4.79 Å². The average Bonchev–Trinajstić information content (AvgIpc) is 3.00. The van der Waals surface area contributed by atoms with E-state index in [-0.39, 0.29) is 12.2 Å². The maximum absolute atomic E-state index is 11.9. The summed E-state index contributed by atoms with van der Waals surface area (Å²) in [6.07, 6.45) is 6.25. The lowest BCUT2D eigenvalue weighted by Crippen LogP contribution is -2.41. The molecule has 1 unspecified atom stereocenters. The number of amides is 1. The van der Waals surface area contributed by atoms with Gasteiger partial charge < -0.3 is 9.16 Å². The third kappa shape index (κ3) is 6.78. The Hall–Kier alpha value is -0.813. The van der Waals surface area contributed by atoms with Crippen molar-refractivity contribution in [3.8, 4) is 0 Å². The molecule has 0 bridgehead atoms.